The summed E-state index contributed by atoms with van der Waals surface area (Å²) in [5, 5.41) is 0. The van der Waals surface area contributed by atoms with Crippen molar-refractivity contribution in [3.05, 3.63) is 47.5 Å². The van der Waals surface area contributed by atoms with Gasteiger partial charge in [0.2, 0.25) is 0 Å². The predicted octanol–water partition coefficient (Wildman–Crippen LogP) is 2.26. The van der Waals surface area contributed by atoms with Gasteiger partial charge in [-0.3, -0.25) is 0 Å². The van der Waals surface area contributed by atoms with Crippen LogP contribution in [0.25, 0.3) is 0 Å². The van der Waals surface area contributed by atoms with Gasteiger partial charge in [0.15, 0.2) is 5.79 Å². The molecule has 2 heteroatoms. The number of benzene rings is 1. The topological polar surface area (TPSA) is 18.5 Å². The molecule has 1 aromatic carbocycles. The molecule has 1 aliphatic heterocycles. The largest absolute Gasteiger partial charge is 0.347 e. The summed E-state index contributed by atoms with van der Waals surface area (Å²) in [7, 11) is 0. The number of hydrogen-bond acceptors (Lipinski definition) is 2. The van der Waals surface area contributed by atoms with Gasteiger partial charge in [-0.2, -0.15) is 0 Å². The predicted molar refractivity (Wildman–Crippen MR) is 60.2 cm³/mol. The number of fused-ring (bicyclic) bond motifs is 4. The molecule has 0 bridgehead atoms. The fourth-order valence-corrected chi connectivity index (χ4v) is 3.22. The lowest BCUT2D eigenvalue weighted by Crippen LogP contribution is -2.49. The summed E-state index contributed by atoms with van der Waals surface area (Å²) in [6, 6.07) is 8.66. The molecule has 0 aromatic heterocycles. The second-order valence-corrected chi connectivity index (χ2v) is 4.82. The van der Waals surface area contributed by atoms with Crippen LogP contribution in [0.2, 0.25) is 0 Å². The number of rotatable bonds is 0. The fraction of sp³-hybridized carbons (Fsp3) is 0.429. The Balaban J connectivity index is 1.85. The van der Waals surface area contributed by atoms with Crippen LogP contribution in [0.15, 0.2) is 36.4 Å². The standard InChI is InChI=1S/C14H14O2/c1-2-4-11-10(3-1)9-14(15-7-8-16-14)13-6-5-12(11)13/h1-6,12-13H,7-9H2/t12-,13-/m0/s1. The van der Waals surface area contributed by atoms with E-state index in [1.165, 1.54) is 11.1 Å². The Hall–Kier alpha value is -1.12. The van der Waals surface area contributed by atoms with Crippen molar-refractivity contribution in [3.8, 4) is 0 Å². The number of allylic oxidation sites excluding steroid dienone is 1. The van der Waals surface area contributed by atoms with E-state index in [1.54, 1.807) is 0 Å². The molecule has 16 heavy (non-hydrogen) atoms. The van der Waals surface area contributed by atoms with Crippen molar-refractivity contribution in [2.45, 2.75) is 18.1 Å². The Morgan fingerprint density at radius 1 is 1.06 bits per heavy atom. The minimum atomic E-state index is -0.353. The maximum atomic E-state index is 5.90. The molecule has 0 N–H and O–H groups in total. The monoisotopic (exact) mass is 214 g/mol. The first kappa shape index (κ1) is 8.97. The zero-order valence-corrected chi connectivity index (χ0v) is 9.06. The summed E-state index contributed by atoms with van der Waals surface area (Å²) >= 11 is 0. The summed E-state index contributed by atoms with van der Waals surface area (Å²) < 4.78 is 11.8. The average molecular weight is 214 g/mol. The average Bonchev–Trinajstić information content (AvgIpc) is 2.67. The highest BCUT2D eigenvalue weighted by Gasteiger charge is 2.52. The normalized spacial score (nSPS) is 33.2. The molecule has 2 aliphatic carbocycles. The summed E-state index contributed by atoms with van der Waals surface area (Å²) in [4.78, 5) is 0. The van der Waals surface area contributed by atoms with E-state index < -0.39 is 0 Å². The van der Waals surface area contributed by atoms with Gasteiger partial charge in [-0.05, 0) is 11.1 Å². The highest BCUT2D eigenvalue weighted by Crippen LogP contribution is 2.51. The molecular formula is C14H14O2. The molecule has 1 fully saturated rings. The molecule has 1 saturated heterocycles. The molecule has 1 spiro atoms. The van der Waals surface area contributed by atoms with Crippen LogP contribution < -0.4 is 0 Å². The Labute approximate surface area is 94.9 Å². The summed E-state index contributed by atoms with van der Waals surface area (Å²) in [5.41, 5.74) is 2.84. The van der Waals surface area contributed by atoms with Crippen molar-refractivity contribution >= 4 is 0 Å². The molecule has 0 unspecified atom stereocenters. The van der Waals surface area contributed by atoms with E-state index in [2.05, 4.69) is 36.4 Å². The van der Waals surface area contributed by atoms with Gasteiger partial charge in [0.1, 0.15) is 0 Å². The second kappa shape index (κ2) is 2.96. The van der Waals surface area contributed by atoms with Crippen molar-refractivity contribution in [2.24, 2.45) is 5.92 Å². The van der Waals surface area contributed by atoms with Crippen LogP contribution >= 0.6 is 0 Å². The van der Waals surface area contributed by atoms with E-state index in [-0.39, 0.29) is 5.79 Å². The van der Waals surface area contributed by atoms with Crippen molar-refractivity contribution in [2.75, 3.05) is 13.2 Å². The molecule has 82 valence electrons. The first-order chi connectivity index (χ1) is 7.89. The summed E-state index contributed by atoms with van der Waals surface area (Å²) in [6.45, 7) is 1.47. The minimum Gasteiger partial charge on any atom is -0.347 e. The Kier molecular flexibility index (Phi) is 1.66. The van der Waals surface area contributed by atoms with E-state index in [9.17, 15) is 0 Å². The van der Waals surface area contributed by atoms with E-state index >= 15 is 0 Å². The molecule has 1 heterocycles. The highest BCUT2D eigenvalue weighted by atomic mass is 16.7. The zero-order valence-electron chi connectivity index (χ0n) is 9.06. The van der Waals surface area contributed by atoms with Gasteiger partial charge >= 0.3 is 0 Å². The van der Waals surface area contributed by atoms with E-state index in [1.807, 2.05) is 0 Å². The van der Waals surface area contributed by atoms with Crippen LogP contribution in [0.4, 0.5) is 0 Å². The van der Waals surface area contributed by atoms with Gasteiger partial charge in [-0.1, -0.05) is 36.4 Å². The lowest BCUT2D eigenvalue weighted by atomic mass is 9.65. The first-order valence-electron chi connectivity index (χ1n) is 5.93. The van der Waals surface area contributed by atoms with Crippen molar-refractivity contribution in [3.63, 3.8) is 0 Å². The van der Waals surface area contributed by atoms with Crippen molar-refractivity contribution < 1.29 is 9.47 Å². The van der Waals surface area contributed by atoms with Crippen LogP contribution in [0.5, 0.6) is 0 Å². The highest BCUT2D eigenvalue weighted by molar-refractivity contribution is 5.43. The lowest BCUT2D eigenvalue weighted by Gasteiger charge is -2.47. The van der Waals surface area contributed by atoms with Gasteiger partial charge in [0.05, 0.1) is 13.2 Å². The minimum absolute atomic E-state index is 0.353. The number of hydrogen-bond donors (Lipinski definition) is 0. The Bertz CT molecular complexity index is 458. The van der Waals surface area contributed by atoms with Crippen LogP contribution in [0.3, 0.4) is 0 Å². The Morgan fingerprint density at radius 3 is 2.62 bits per heavy atom. The lowest BCUT2D eigenvalue weighted by molar-refractivity contribution is -0.194. The number of ether oxygens (including phenoxy) is 2. The third-order valence-electron chi connectivity index (χ3n) is 4.05. The summed E-state index contributed by atoms with van der Waals surface area (Å²) in [5.74, 6) is 0.571. The maximum Gasteiger partial charge on any atom is 0.179 e. The van der Waals surface area contributed by atoms with Gasteiger partial charge in [-0.15, -0.1) is 0 Å². The molecule has 0 saturated carbocycles. The van der Waals surface area contributed by atoms with Crippen LogP contribution in [0, 0.1) is 5.92 Å². The molecular weight excluding hydrogens is 200 g/mol. The zero-order chi connectivity index (χ0) is 10.6. The molecule has 2 nitrogen and oxygen atoms in total. The smallest absolute Gasteiger partial charge is 0.179 e. The van der Waals surface area contributed by atoms with Gasteiger partial charge in [0.25, 0.3) is 0 Å². The quantitative estimate of drug-likeness (QED) is 0.617. The van der Waals surface area contributed by atoms with Crippen molar-refractivity contribution in [1.29, 1.82) is 0 Å². The summed E-state index contributed by atoms with van der Waals surface area (Å²) in [6.07, 6.45) is 5.41. The third-order valence-corrected chi connectivity index (χ3v) is 4.05. The maximum absolute atomic E-state index is 5.90. The van der Waals surface area contributed by atoms with E-state index in [4.69, 9.17) is 9.47 Å². The van der Waals surface area contributed by atoms with Crippen LogP contribution in [-0.4, -0.2) is 19.0 Å². The first-order valence-corrected chi connectivity index (χ1v) is 5.93. The van der Waals surface area contributed by atoms with Crippen molar-refractivity contribution in [1.82, 2.24) is 0 Å². The SMILES string of the molecule is C1=C[C@H]2[C@@H]1c1ccccc1CC21OCCO1. The third kappa shape index (κ3) is 0.989. The van der Waals surface area contributed by atoms with Gasteiger partial charge in [-0.25, -0.2) is 0 Å². The Morgan fingerprint density at radius 2 is 1.88 bits per heavy atom. The molecule has 3 aliphatic rings. The van der Waals surface area contributed by atoms with E-state index in [0.29, 0.717) is 11.8 Å². The van der Waals surface area contributed by atoms with E-state index in [0.717, 1.165) is 19.6 Å². The molecule has 0 amide bonds. The molecule has 2 atom stereocenters. The van der Waals surface area contributed by atoms with Gasteiger partial charge in [0, 0.05) is 18.3 Å². The van der Waals surface area contributed by atoms with Crippen LogP contribution in [-0.2, 0) is 15.9 Å². The molecule has 0 radical (unpaired) electrons. The molecule has 1 aromatic rings. The van der Waals surface area contributed by atoms with Gasteiger partial charge < -0.3 is 9.47 Å². The fourth-order valence-electron chi connectivity index (χ4n) is 3.22. The van der Waals surface area contributed by atoms with Crippen LogP contribution in [0.1, 0.15) is 17.0 Å². The molecule has 4 rings (SSSR count). The second-order valence-electron chi connectivity index (χ2n) is 4.82.